The van der Waals surface area contributed by atoms with Crippen LogP contribution in [0.1, 0.15) is 77.0 Å². The van der Waals surface area contributed by atoms with Gasteiger partial charge in [-0.25, -0.2) is 0 Å². The maximum atomic E-state index is 14.6. The normalized spacial score (nSPS) is 15.9. The van der Waals surface area contributed by atoms with E-state index in [2.05, 4.69) is 33.9 Å². The van der Waals surface area contributed by atoms with Gasteiger partial charge in [-0.2, -0.15) is 92.2 Å². The number of alkyl halides is 21. The average Bonchev–Trinajstić information content (AvgIpc) is 3.36. The van der Waals surface area contributed by atoms with Gasteiger partial charge in [-0.05, 0) is 78.4 Å². The predicted octanol–water partition coefficient (Wildman–Crippen LogP) is 17.4. The molecule has 28 heteroatoms. The van der Waals surface area contributed by atoms with E-state index in [0.29, 0.717) is 36.5 Å². The summed E-state index contributed by atoms with van der Waals surface area (Å²) in [6.45, 7) is 13.7. The molecule has 0 N–H and O–H groups in total. The SMILES string of the molecule is COc1ccc(COC(C(C)/C=C\c2ccccc2)C(C)C(CCCO[Si](C)(C)C(C)(C)C)OCc2ccc(OCCCC(F)(F)C(F)(F)C(F)(F)C(F)(F)C(F)(F)C(F)(F)C(F)(F)C(F)(F)C(F)(F)C(F)(F)F)cc2)cc1OC. The highest BCUT2D eigenvalue weighted by molar-refractivity contribution is 6.74. The van der Waals surface area contributed by atoms with E-state index in [-0.39, 0.29) is 35.8 Å². The van der Waals surface area contributed by atoms with Gasteiger partial charge in [0.05, 0.1) is 46.2 Å². The van der Waals surface area contributed by atoms with Gasteiger partial charge in [0.25, 0.3) is 0 Å². The quantitative estimate of drug-likeness (QED) is 0.0364. The summed E-state index contributed by atoms with van der Waals surface area (Å²) in [4.78, 5) is 0. The van der Waals surface area contributed by atoms with Crippen molar-refractivity contribution < 1.29 is 120 Å². The predicted molar refractivity (Wildman–Crippen MR) is 255 cm³/mol. The van der Waals surface area contributed by atoms with Gasteiger partial charge in [0, 0.05) is 24.9 Å². The van der Waals surface area contributed by atoms with Crippen LogP contribution >= 0.6 is 0 Å². The molecule has 0 heterocycles. The third-order valence-electron chi connectivity index (χ3n) is 13.7. The summed E-state index contributed by atoms with van der Waals surface area (Å²) in [7, 11) is 0.815. The maximum absolute atomic E-state index is 14.6. The van der Waals surface area contributed by atoms with Crippen LogP contribution in [0.3, 0.4) is 0 Å². The molecule has 6 nitrogen and oxygen atoms in total. The van der Waals surface area contributed by atoms with Crippen molar-refractivity contribution in [1.82, 2.24) is 0 Å². The van der Waals surface area contributed by atoms with Crippen molar-refractivity contribution in [1.29, 1.82) is 0 Å². The van der Waals surface area contributed by atoms with Crippen LogP contribution in [0.4, 0.5) is 92.2 Å². The van der Waals surface area contributed by atoms with Gasteiger partial charge in [0.2, 0.25) is 0 Å². The summed E-state index contributed by atoms with van der Waals surface area (Å²) >= 11 is 0. The van der Waals surface area contributed by atoms with E-state index in [0.717, 1.165) is 11.1 Å². The molecule has 0 fully saturated rings. The van der Waals surface area contributed by atoms with E-state index in [1.807, 2.05) is 62.4 Å². The van der Waals surface area contributed by atoms with Crippen LogP contribution in [0, 0.1) is 11.8 Å². The topological polar surface area (TPSA) is 55.4 Å². The van der Waals surface area contributed by atoms with E-state index in [1.54, 1.807) is 12.1 Å². The lowest BCUT2D eigenvalue weighted by Crippen LogP contribution is -2.76. The molecular weight excluding hydrogens is 1150 g/mol. The van der Waals surface area contributed by atoms with Crippen molar-refractivity contribution in [3.05, 3.63) is 95.6 Å². The van der Waals surface area contributed by atoms with Crippen LogP contribution in [0.5, 0.6) is 17.2 Å². The maximum Gasteiger partial charge on any atom is 0.460 e. The minimum absolute atomic E-state index is 0.0831. The Morgan fingerprint density at radius 2 is 1.00 bits per heavy atom. The number of halogens is 21. The zero-order valence-corrected chi connectivity index (χ0v) is 45.4. The van der Waals surface area contributed by atoms with Crippen molar-refractivity contribution in [2.24, 2.45) is 11.8 Å². The smallest absolute Gasteiger partial charge is 0.460 e. The van der Waals surface area contributed by atoms with Crippen LogP contribution in [-0.4, -0.2) is 107 Å². The molecule has 0 aliphatic heterocycles. The van der Waals surface area contributed by atoms with E-state index in [9.17, 15) is 92.2 Å². The molecule has 0 aromatic heterocycles. The molecule has 3 aromatic rings. The summed E-state index contributed by atoms with van der Waals surface area (Å²) in [5.41, 5.74) is 2.16. The molecule has 4 atom stereocenters. The number of benzene rings is 3. The number of hydrogen-bond acceptors (Lipinski definition) is 6. The molecule has 4 unspecified atom stereocenters. The fraction of sp³-hybridized carbons (Fsp3) is 0.615. The van der Waals surface area contributed by atoms with Crippen molar-refractivity contribution >= 4 is 14.4 Å². The fourth-order valence-electron chi connectivity index (χ4n) is 7.54. The van der Waals surface area contributed by atoms with E-state index in [4.69, 9.17) is 28.1 Å². The fourth-order valence-corrected chi connectivity index (χ4v) is 8.62. The molecule has 80 heavy (non-hydrogen) atoms. The van der Waals surface area contributed by atoms with Crippen molar-refractivity contribution in [2.45, 2.75) is 163 Å². The molecule has 0 saturated carbocycles. The molecule has 0 bridgehead atoms. The second kappa shape index (κ2) is 25.5. The summed E-state index contributed by atoms with van der Waals surface area (Å²) in [6, 6.07) is 19.9. The van der Waals surface area contributed by atoms with Crippen LogP contribution < -0.4 is 14.2 Å². The van der Waals surface area contributed by atoms with Crippen molar-refractivity contribution in [3.8, 4) is 17.2 Å². The first-order valence-corrected chi connectivity index (χ1v) is 27.2. The number of hydrogen-bond donors (Lipinski definition) is 0. The Bertz CT molecular complexity index is 2450. The van der Waals surface area contributed by atoms with Gasteiger partial charge in [-0.1, -0.05) is 95.3 Å². The van der Waals surface area contributed by atoms with Gasteiger partial charge < -0.3 is 28.1 Å². The van der Waals surface area contributed by atoms with Gasteiger partial charge in [-0.3, -0.25) is 0 Å². The second-order valence-corrected chi connectivity index (χ2v) is 25.3. The highest BCUT2D eigenvalue weighted by atomic mass is 28.4. The number of ether oxygens (including phenoxy) is 5. The highest BCUT2D eigenvalue weighted by Gasteiger charge is 2.97. The molecule has 0 aliphatic carbocycles. The number of rotatable bonds is 31. The van der Waals surface area contributed by atoms with Crippen molar-refractivity contribution in [2.75, 3.05) is 27.4 Å². The minimum Gasteiger partial charge on any atom is -0.494 e. The zero-order chi connectivity index (χ0) is 61.6. The lowest BCUT2D eigenvalue weighted by atomic mass is 9.85. The van der Waals surface area contributed by atoms with Gasteiger partial charge >= 0.3 is 59.5 Å². The van der Waals surface area contributed by atoms with E-state index >= 15 is 0 Å². The lowest BCUT2D eigenvalue weighted by molar-refractivity contribution is -0.474. The Hall–Kier alpha value is -4.57. The molecule has 0 radical (unpaired) electrons. The average molecular weight is 1210 g/mol. The van der Waals surface area contributed by atoms with E-state index in [1.165, 1.54) is 38.5 Å². The van der Waals surface area contributed by atoms with Gasteiger partial charge in [0.15, 0.2) is 19.8 Å². The second-order valence-electron chi connectivity index (χ2n) is 20.4. The van der Waals surface area contributed by atoms with Gasteiger partial charge in [0.1, 0.15) is 5.75 Å². The standard InChI is InChI=1S/C52H61F21O6Si/c1-32(18-19-34-15-11-10-12-16-34)41(78-31-36-22-25-39(74-6)40(29-36)75-7)33(2)38(17-13-28-79-80(8,9)42(3,4)5)77-30-35-20-23-37(24-21-35)76-27-14-26-43(53,54)44(55,56)45(57,58)46(59,60)47(61,62)48(63,64)49(65,66)50(67,68)51(69,70)52(71,72)73/h10-12,15-16,18-25,29,32-33,38,41H,13-14,17,26-28,30-31H2,1-9H3/b19-18-. The van der Waals surface area contributed by atoms with Crippen LogP contribution in [0.2, 0.25) is 18.1 Å². The lowest BCUT2D eigenvalue weighted by Gasteiger charge is -2.44. The Kier molecular flexibility index (Phi) is 22.2. The molecule has 0 aliphatic rings. The van der Waals surface area contributed by atoms with E-state index < -0.39 is 99.5 Å². The summed E-state index contributed by atoms with van der Waals surface area (Å²) in [5.74, 6) is -77.2. The minimum atomic E-state index is -9.22. The van der Waals surface area contributed by atoms with Crippen LogP contribution in [0.25, 0.3) is 6.08 Å². The third-order valence-corrected chi connectivity index (χ3v) is 18.2. The largest absolute Gasteiger partial charge is 0.494 e. The molecule has 3 aromatic carbocycles. The van der Waals surface area contributed by atoms with Crippen LogP contribution in [-0.2, 0) is 27.1 Å². The summed E-state index contributed by atoms with van der Waals surface area (Å²) in [5, 5.41) is -0.0894. The molecule has 0 saturated heterocycles. The zero-order valence-electron chi connectivity index (χ0n) is 44.4. The summed E-state index contributed by atoms with van der Waals surface area (Å²) in [6.07, 6.45) is -8.42. The Labute approximate surface area is 449 Å². The first kappa shape index (κ1) is 69.7. The summed E-state index contributed by atoms with van der Waals surface area (Å²) < 4.78 is 326. The first-order valence-electron chi connectivity index (χ1n) is 24.3. The Balaban J connectivity index is 1.82. The van der Waals surface area contributed by atoms with Crippen molar-refractivity contribution in [3.63, 3.8) is 0 Å². The van der Waals surface area contributed by atoms with Gasteiger partial charge in [-0.15, -0.1) is 0 Å². The highest BCUT2D eigenvalue weighted by Crippen LogP contribution is 2.66. The molecular formula is C52H61F21O6Si. The monoisotopic (exact) mass is 1210 g/mol. The molecule has 0 amide bonds. The molecule has 3 rings (SSSR count). The Morgan fingerprint density at radius 1 is 0.525 bits per heavy atom. The molecule has 456 valence electrons. The Morgan fingerprint density at radius 3 is 1.49 bits per heavy atom. The first-order chi connectivity index (χ1) is 36.3. The molecule has 0 spiro atoms. The van der Waals surface area contributed by atoms with Crippen LogP contribution in [0.15, 0.2) is 78.9 Å². The number of methoxy groups -OCH3 is 2. The third kappa shape index (κ3) is 14.4.